The van der Waals surface area contributed by atoms with E-state index in [1.165, 1.54) is 24.3 Å². The van der Waals surface area contributed by atoms with Gasteiger partial charge in [-0.1, -0.05) is 19.3 Å². The Morgan fingerprint density at radius 2 is 1.76 bits per heavy atom. The number of pyridine rings is 1. The van der Waals surface area contributed by atoms with Crippen LogP contribution in [0.4, 0.5) is 4.79 Å². The summed E-state index contributed by atoms with van der Waals surface area (Å²) >= 11 is 0. The van der Waals surface area contributed by atoms with Gasteiger partial charge in [-0.2, -0.15) is 0 Å². The van der Waals surface area contributed by atoms with Gasteiger partial charge < -0.3 is 29.9 Å². The third-order valence-corrected chi connectivity index (χ3v) is 6.56. The Hall–Kier alpha value is -2.52. The molecule has 0 atom stereocenters. The molecule has 0 aromatic carbocycles. The second kappa shape index (κ2) is 12.1. The molecule has 1 heterocycles. The molecule has 0 unspecified atom stereocenters. The Labute approximate surface area is 197 Å². The van der Waals surface area contributed by atoms with E-state index in [4.69, 9.17) is 30.8 Å². The van der Waals surface area contributed by atoms with E-state index in [9.17, 15) is 4.79 Å². The molecule has 1 aromatic heterocycles. The number of ether oxygens (including phenoxy) is 3. The normalized spacial score (nSPS) is 18.1. The first-order valence-electron chi connectivity index (χ1n) is 11.9. The van der Waals surface area contributed by atoms with E-state index in [0.29, 0.717) is 35.1 Å². The molecule has 0 aliphatic heterocycles. The molecular formula is C24H39N5O4. The summed E-state index contributed by atoms with van der Waals surface area (Å²) < 4.78 is 17.1. The molecule has 0 radical (unpaired) electrons. The first-order valence-corrected chi connectivity index (χ1v) is 11.9. The van der Waals surface area contributed by atoms with Crippen molar-refractivity contribution in [3.8, 4) is 5.75 Å². The van der Waals surface area contributed by atoms with Crippen LogP contribution in [0.25, 0.3) is 5.70 Å². The number of methoxy groups -OCH3 is 1. The molecule has 184 valence electrons. The number of nitrogens with two attached hydrogens (primary N) is 2. The van der Waals surface area contributed by atoms with E-state index in [-0.39, 0.29) is 24.8 Å². The van der Waals surface area contributed by atoms with Crippen LogP contribution in [0, 0.1) is 0 Å². The van der Waals surface area contributed by atoms with Crippen molar-refractivity contribution in [2.24, 2.45) is 11.6 Å². The smallest absolute Gasteiger partial charge is 0.410 e. The Bertz CT molecular complexity index is 817. The standard InChI is InChI=1S/C24H39N5O4/c1-28(17-9-7-8-10-17)24(30)32-16-21(29(2)26)23(25)19-13-14-22(20(27-19)15-31-3)33-18-11-5-4-6-12-18/h13-14,17-18H,4-12,15-16,25-26H2,1-3H3/b23-21-. The van der Waals surface area contributed by atoms with Gasteiger partial charge in [-0.05, 0) is 50.7 Å². The molecule has 4 N–H and O–H groups in total. The van der Waals surface area contributed by atoms with Gasteiger partial charge in [-0.25, -0.2) is 15.6 Å². The molecule has 9 nitrogen and oxygen atoms in total. The van der Waals surface area contributed by atoms with Crippen LogP contribution in [0.5, 0.6) is 5.75 Å². The van der Waals surface area contributed by atoms with Crippen LogP contribution in [0.2, 0.25) is 0 Å². The highest BCUT2D eigenvalue weighted by Gasteiger charge is 2.25. The summed E-state index contributed by atoms with van der Waals surface area (Å²) in [6, 6.07) is 3.92. The number of hydrazine groups is 1. The maximum atomic E-state index is 12.5. The van der Waals surface area contributed by atoms with Crippen LogP contribution in [0.1, 0.15) is 69.2 Å². The monoisotopic (exact) mass is 461 g/mol. The molecule has 0 bridgehead atoms. The molecule has 0 saturated heterocycles. The van der Waals surface area contributed by atoms with Crippen molar-refractivity contribution in [2.45, 2.75) is 76.5 Å². The third kappa shape index (κ3) is 6.74. The van der Waals surface area contributed by atoms with Gasteiger partial charge in [0.2, 0.25) is 0 Å². The number of carbonyl (C=O) groups excluding carboxylic acids is 1. The van der Waals surface area contributed by atoms with Crippen molar-refractivity contribution in [3.63, 3.8) is 0 Å². The highest BCUT2D eigenvalue weighted by molar-refractivity contribution is 5.69. The van der Waals surface area contributed by atoms with Crippen LogP contribution >= 0.6 is 0 Å². The largest absolute Gasteiger partial charge is 0.488 e. The molecular weight excluding hydrogens is 422 g/mol. The fraction of sp³-hybridized carbons (Fsp3) is 0.667. The second-order valence-electron chi connectivity index (χ2n) is 9.03. The van der Waals surface area contributed by atoms with Crippen LogP contribution < -0.4 is 16.3 Å². The minimum absolute atomic E-state index is 0.0453. The molecule has 33 heavy (non-hydrogen) atoms. The molecule has 2 aliphatic rings. The first-order chi connectivity index (χ1) is 15.9. The van der Waals surface area contributed by atoms with Gasteiger partial charge in [-0.15, -0.1) is 0 Å². The molecule has 1 aromatic rings. The van der Waals surface area contributed by atoms with Crippen molar-refractivity contribution in [2.75, 3.05) is 27.8 Å². The highest BCUT2D eigenvalue weighted by Crippen LogP contribution is 2.27. The third-order valence-electron chi connectivity index (χ3n) is 6.56. The summed E-state index contributed by atoms with van der Waals surface area (Å²) in [6.45, 7) is 0.258. The van der Waals surface area contributed by atoms with Crippen molar-refractivity contribution < 1.29 is 19.0 Å². The summed E-state index contributed by atoms with van der Waals surface area (Å²) in [5.41, 5.74) is 8.46. The molecule has 2 saturated carbocycles. The predicted molar refractivity (Wildman–Crippen MR) is 127 cm³/mol. The van der Waals surface area contributed by atoms with Gasteiger partial charge in [0.15, 0.2) is 0 Å². The lowest BCUT2D eigenvalue weighted by Crippen LogP contribution is -2.37. The number of aromatic nitrogens is 1. The number of amides is 1. The summed E-state index contributed by atoms with van der Waals surface area (Å²) in [5, 5.41) is 1.36. The number of rotatable bonds is 9. The number of nitrogens with zero attached hydrogens (tertiary/aromatic N) is 3. The zero-order chi connectivity index (χ0) is 23.8. The van der Waals surface area contributed by atoms with Crippen LogP contribution in [0.15, 0.2) is 17.8 Å². The fourth-order valence-electron chi connectivity index (χ4n) is 4.54. The maximum absolute atomic E-state index is 12.5. The predicted octanol–water partition coefficient (Wildman–Crippen LogP) is 3.38. The minimum Gasteiger partial charge on any atom is -0.488 e. The van der Waals surface area contributed by atoms with Gasteiger partial charge in [0.1, 0.15) is 18.1 Å². The van der Waals surface area contributed by atoms with E-state index in [2.05, 4.69) is 0 Å². The first kappa shape index (κ1) is 25.1. The van der Waals surface area contributed by atoms with E-state index in [0.717, 1.165) is 38.5 Å². The Morgan fingerprint density at radius 1 is 1.09 bits per heavy atom. The van der Waals surface area contributed by atoms with Gasteiger partial charge >= 0.3 is 6.09 Å². The van der Waals surface area contributed by atoms with Gasteiger partial charge in [0, 0.05) is 27.2 Å². The molecule has 2 aliphatic carbocycles. The topological polar surface area (TPSA) is 116 Å². The average molecular weight is 462 g/mol. The fourth-order valence-corrected chi connectivity index (χ4v) is 4.54. The van der Waals surface area contributed by atoms with E-state index >= 15 is 0 Å². The van der Waals surface area contributed by atoms with Crippen LogP contribution in [0.3, 0.4) is 0 Å². The second-order valence-corrected chi connectivity index (χ2v) is 9.03. The molecule has 1 amide bonds. The highest BCUT2D eigenvalue weighted by atomic mass is 16.6. The molecule has 0 spiro atoms. The quantitative estimate of drug-likeness (QED) is 0.425. The summed E-state index contributed by atoms with van der Waals surface area (Å²) in [7, 11) is 5.06. The lowest BCUT2D eigenvalue weighted by Gasteiger charge is -2.26. The Morgan fingerprint density at radius 3 is 2.39 bits per heavy atom. The molecule has 2 fully saturated rings. The zero-order valence-electron chi connectivity index (χ0n) is 20.2. The van der Waals surface area contributed by atoms with Crippen molar-refractivity contribution in [1.29, 1.82) is 0 Å². The minimum atomic E-state index is -0.377. The number of carbonyl (C=O) groups is 1. The number of likely N-dealkylation sites (N-methyl/N-ethyl adjacent to an activating group) is 1. The van der Waals surface area contributed by atoms with Gasteiger partial charge in [0.05, 0.1) is 29.8 Å². The van der Waals surface area contributed by atoms with Crippen LogP contribution in [-0.4, -0.2) is 60.9 Å². The van der Waals surface area contributed by atoms with E-state index < -0.39 is 0 Å². The van der Waals surface area contributed by atoms with Crippen molar-refractivity contribution in [3.05, 3.63) is 29.2 Å². The molecule has 3 rings (SSSR count). The Kier molecular flexibility index (Phi) is 9.20. The van der Waals surface area contributed by atoms with Crippen molar-refractivity contribution >= 4 is 11.8 Å². The van der Waals surface area contributed by atoms with Gasteiger partial charge in [0.25, 0.3) is 0 Å². The lowest BCUT2D eigenvalue weighted by atomic mass is 9.98. The van der Waals surface area contributed by atoms with Crippen molar-refractivity contribution in [1.82, 2.24) is 14.9 Å². The Balaban J connectivity index is 1.74. The average Bonchev–Trinajstić information content (AvgIpc) is 3.35. The molecule has 9 heteroatoms. The summed E-state index contributed by atoms with van der Waals surface area (Å²) in [6.07, 6.45) is 9.87. The zero-order valence-corrected chi connectivity index (χ0v) is 20.2. The van der Waals surface area contributed by atoms with E-state index in [1.54, 1.807) is 26.1 Å². The SMILES string of the molecule is COCc1nc(/C(N)=C(\COC(=O)N(C)C2CCCC2)N(C)N)ccc1OC1CCCCC1. The summed E-state index contributed by atoms with van der Waals surface area (Å²) in [5.74, 6) is 6.74. The van der Waals surface area contributed by atoms with Gasteiger partial charge in [-0.3, -0.25) is 0 Å². The lowest BCUT2D eigenvalue weighted by molar-refractivity contribution is 0.0999. The number of hydrogen-bond acceptors (Lipinski definition) is 8. The van der Waals surface area contributed by atoms with E-state index in [1.807, 2.05) is 12.1 Å². The number of hydrogen-bond donors (Lipinski definition) is 2. The summed E-state index contributed by atoms with van der Waals surface area (Å²) in [4.78, 5) is 18.9. The maximum Gasteiger partial charge on any atom is 0.410 e. The van der Waals surface area contributed by atoms with Crippen LogP contribution in [-0.2, 0) is 16.1 Å².